The van der Waals surface area contributed by atoms with E-state index in [1.54, 1.807) is 0 Å². The molecule has 0 radical (unpaired) electrons. The summed E-state index contributed by atoms with van der Waals surface area (Å²) < 4.78 is 0. The molecule has 2 aliphatic rings. The summed E-state index contributed by atoms with van der Waals surface area (Å²) in [5.41, 5.74) is 0.752. The van der Waals surface area contributed by atoms with Crippen LogP contribution in [0.15, 0.2) is 30.3 Å². The molecule has 2 aliphatic heterocycles. The van der Waals surface area contributed by atoms with Crippen LogP contribution in [-0.2, 0) is 4.79 Å². The minimum Gasteiger partial charge on any atom is -0.340 e. The first-order chi connectivity index (χ1) is 14.1. The summed E-state index contributed by atoms with van der Waals surface area (Å²) >= 11 is 0. The van der Waals surface area contributed by atoms with Crippen molar-refractivity contribution in [2.45, 2.75) is 58.4 Å². The predicted molar refractivity (Wildman–Crippen MR) is 117 cm³/mol. The Morgan fingerprint density at radius 1 is 1.17 bits per heavy atom. The van der Waals surface area contributed by atoms with Gasteiger partial charge in [0.05, 0.1) is 0 Å². The molecule has 2 unspecified atom stereocenters. The van der Waals surface area contributed by atoms with E-state index in [9.17, 15) is 9.59 Å². The third-order valence-electron chi connectivity index (χ3n) is 6.63. The van der Waals surface area contributed by atoms with Gasteiger partial charge >= 0.3 is 0 Å². The van der Waals surface area contributed by atoms with Crippen LogP contribution in [0.2, 0.25) is 0 Å². The first-order valence-electron chi connectivity index (χ1n) is 11.4. The summed E-state index contributed by atoms with van der Waals surface area (Å²) in [4.78, 5) is 29.9. The number of amides is 2. The second kappa shape index (κ2) is 10.8. The van der Waals surface area contributed by atoms with Crippen LogP contribution in [-0.4, -0.2) is 60.4 Å². The Labute approximate surface area is 175 Å². The van der Waals surface area contributed by atoms with Gasteiger partial charge < -0.3 is 15.1 Å². The van der Waals surface area contributed by atoms with Crippen molar-refractivity contribution in [1.29, 1.82) is 0 Å². The van der Waals surface area contributed by atoms with Gasteiger partial charge in [0.2, 0.25) is 5.91 Å². The Bertz CT molecular complexity index is 649. The summed E-state index contributed by atoms with van der Waals surface area (Å²) in [7, 11) is 0. The average Bonchev–Trinajstić information content (AvgIpc) is 2.78. The summed E-state index contributed by atoms with van der Waals surface area (Å²) in [6.07, 6.45) is 5.84. The van der Waals surface area contributed by atoms with Gasteiger partial charge in [-0.15, -0.1) is 0 Å². The predicted octanol–water partition coefficient (Wildman–Crippen LogP) is 3.56. The Morgan fingerprint density at radius 2 is 1.90 bits per heavy atom. The zero-order valence-electron chi connectivity index (χ0n) is 18.1. The van der Waals surface area contributed by atoms with Crippen molar-refractivity contribution >= 4 is 11.8 Å². The fourth-order valence-electron chi connectivity index (χ4n) is 4.82. The highest BCUT2D eigenvalue weighted by Crippen LogP contribution is 2.25. The molecule has 2 saturated heterocycles. The van der Waals surface area contributed by atoms with E-state index in [-0.39, 0.29) is 11.9 Å². The van der Waals surface area contributed by atoms with Gasteiger partial charge in [-0.2, -0.15) is 0 Å². The van der Waals surface area contributed by atoms with Gasteiger partial charge in [-0.05, 0) is 69.2 Å². The van der Waals surface area contributed by atoms with E-state index in [4.69, 9.17) is 0 Å². The minimum absolute atomic E-state index is 0.107. The molecule has 3 rings (SSSR count). The van der Waals surface area contributed by atoms with Crippen molar-refractivity contribution in [3.8, 4) is 0 Å². The number of piperidine rings is 2. The largest absolute Gasteiger partial charge is 0.340 e. The highest BCUT2D eigenvalue weighted by molar-refractivity contribution is 5.94. The Kier molecular flexibility index (Phi) is 8.10. The van der Waals surface area contributed by atoms with E-state index >= 15 is 0 Å². The molecule has 1 N–H and O–H groups in total. The van der Waals surface area contributed by atoms with E-state index in [1.807, 2.05) is 35.2 Å². The molecule has 1 aromatic carbocycles. The van der Waals surface area contributed by atoms with Gasteiger partial charge in [-0.3, -0.25) is 9.59 Å². The molecule has 2 amide bonds. The van der Waals surface area contributed by atoms with E-state index in [0.717, 1.165) is 57.5 Å². The second-order valence-corrected chi connectivity index (χ2v) is 8.76. The number of rotatable bonds is 7. The van der Waals surface area contributed by atoms with Crippen LogP contribution in [0, 0.1) is 11.8 Å². The maximum Gasteiger partial charge on any atom is 0.253 e. The topological polar surface area (TPSA) is 52.7 Å². The van der Waals surface area contributed by atoms with Gasteiger partial charge in [-0.1, -0.05) is 32.0 Å². The lowest BCUT2D eigenvalue weighted by atomic mass is 9.85. The number of hydrogen-bond donors (Lipinski definition) is 1. The maximum atomic E-state index is 13.1. The number of nitrogens with zero attached hydrogens (tertiary/aromatic N) is 2. The zero-order valence-corrected chi connectivity index (χ0v) is 18.1. The molecular weight excluding hydrogens is 362 g/mol. The summed E-state index contributed by atoms with van der Waals surface area (Å²) in [5.74, 6) is 1.45. The van der Waals surface area contributed by atoms with Crippen LogP contribution in [0.25, 0.3) is 0 Å². The number of benzene rings is 1. The van der Waals surface area contributed by atoms with Crippen molar-refractivity contribution in [3.05, 3.63) is 35.9 Å². The molecule has 5 nitrogen and oxygen atoms in total. The molecule has 2 heterocycles. The van der Waals surface area contributed by atoms with Crippen molar-refractivity contribution in [1.82, 2.24) is 15.1 Å². The van der Waals surface area contributed by atoms with Crippen LogP contribution in [0.1, 0.15) is 62.7 Å². The summed E-state index contributed by atoms with van der Waals surface area (Å²) in [6.45, 7) is 8.82. The molecule has 0 aromatic heterocycles. The molecule has 2 atom stereocenters. The summed E-state index contributed by atoms with van der Waals surface area (Å²) in [6, 6.07) is 9.77. The van der Waals surface area contributed by atoms with Crippen LogP contribution in [0.4, 0.5) is 0 Å². The van der Waals surface area contributed by atoms with Crippen molar-refractivity contribution in [2.24, 2.45) is 11.8 Å². The number of likely N-dealkylation sites (tertiary alicyclic amines) is 1. The highest BCUT2D eigenvalue weighted by Gasteiger charge is 2.31. The number of nitrogens with one attached hydrogen (secondary N) is 1. The van der Waals surface area contributed by atoms with Gasteiger partial charge in [0.15, 0.2) is 0 Å². The Hall–Kier alpha value is -1.88. The lowest BCUT2D eigenvalue weighted by molar-refractivity contribution is -0.135. The van der Waals surface area contributed by atoms with Gasteiger partial charge in [-0.25, -0.2) is 0 Å². The fourth-order valence-corrected chi connectivity index (χ4v) is 4.82. The molecule has 0 aliphatic carbocycles. The lowest BCUT2D eigenvalue weighted by Crippen LogP contribution is -2.49. The van der Waals surface area contributed by atoms with Crippen LogP contribution < -0.4 is 5.32 Å². The zero-order chi connectivity index (χ0) is 20.6. The monoisotopic (exact) mass is 399 g/mol. The smallest absolute Gasteiger partial charge is 0.253 e. The number of hydrogen-bond acceptors (Lipinski definition) is 3. The summed E-state index contributed by atoms with van der Waals surface area (Å²) in [5, 5.41) is 3.47. The van der Waals surface area contributed by atoms with E-state index in [0.29, 0.717) is 24.2 Å². The Balaban J connectivity index is 1.54. The van der Waals surface area contributed by atoms with Gasteiger partial charge in [0, 0.05) is 37.7 Å². The normalized spacial score (nSPS) is 21.6. The molecule has 5 heteroatoms. The molecule has 29 heavy (non-hydrogen) atoms. The first-order valence-corrected chi connectivity index (χ1v) is 11.4. The first kappa shape index (κ1) is 21.8. The number of carbonyl (C=O) groups is 2. The molecule has 2 fully saturated rings. The SMILES string of the molecule is CCCN(C(=O)CC(C)C1CCCNC1)C1CCN(C(=O)c2ccccc2)CC1. The molecule has 0 bridgehead atoms. The molecule has 160 valence electrons. The molecular formula is C24H37N3O2. The number of carbonyl (C=O) groups excluding carboxylic acids is 2. The van der Waals surface area contributed by atoms with Crippen LogP contribution in [0.3, 0.4) is 0 Å². The average molecular weight is 400 g/mol. The second-order valence-electron chi connectivity index (χ2n) is 8.76. The van der Waals surface area contributed by atoms with E-state index in [2.05, 4.69) is 24.1 Å². The minimum atomic E-state index is 0.107. The molecule has 0 saturated carbocycles. The fraction of sp³-hybridized carbons (Fsp3) is 0.667. The third kappa shape index (κ3) is 5.81. The third-order valence-corrected chi connectivity index (χ3v) is 6.63. The van der Waals surface area contributed by atoms with E-state index < -0.39 is 0 Å². The Morgan fingerprint density at radius 3 is 2.52 bits per heavy atom. The van der Waals surface area contributed by atoms with Crippen LogP contribution in [0.5, 0.6) is 0 Å². The van der Waals surface area contributed by atoms with Crippen LogP contribution >= 0.6 is 0 Å². The van der Waals surface area contributed by atoms with Crippen molar-refractivity contribution < 1.29 is 9.59 Å². The van der Waals surface area contributed by atoms with Gasteiger partial charge in [0.1, 0.15) is 0 Å². The lowest BCUT2D eigenvalue weighted by Gasteiger charge is -2.39. The van der Waals surface area contributed by atoms with E-state index in [1.165, 1.54) is 12.8 Å². The quantitative estimate of drug-likeness (QED) is 0.763. The molecule has 0 spiro atoms. The highest BCUT2D eigenvalue weighted by atomic mass is 16.2. The van der Waals surface area contributed by atoms with Crippen molar-refractivity contribution in [3.63, 3.8) is 0 Å². The van der Waals surface area contributed by atoms with Gasteiger partial charge in [0.25, 0.3) is 5.91 Å². The standard InChI is InChI=1S/C24H37N3O2/c1-3-14-27(23(28)17-19(2)21-10-7-13-25-18-21)22-11-15-26(16-12-22)24(29)20-8-5-4-6-9-20/h4-6,8-9,19,21-22,25H,3,7,10-18H2,1-2H3. The maximum absolute atomic E-state index is 13.1. The van der Waals surface area contributed by atoms with Crippen molar-refractivity contribution in [2.75, 3.05) is 32.7 Å². The molecule has 1 aromatic rings.